The molecule has 0 saturated heterocycles. The molecule has 7 nitrogen and oxygen atoms in total. The van der Waals surface area contributed by atoms with E-state index in [4.69, 9.17) is 4.74 Å². The molecule has 0 amide bonds. The fourth-order valence-corrected chi connectivity index (χ4v) is 3.96. The van der Waals surface area contributed by atoms with Crippen molar-refractivity contribution in [2.24, 2.45) is 4.99 Å². The van der Waals surface area contributed by atoms with Gasteiger partial charge in [-0.1, -0.05) is 48.5 Å². The second-order valence-electron chi connectivity index (χ2n) is 6.82. The van der Waals surface area contributed by atoms with E-state index in [1.165, 1.54) is 5.56 Å². The lowest BCUT2D eigenvalue weighted by molar-refractivity contribution is 0.241. The van der Waals surface area contributed by atoms with Gasteiger partial charge >= 0.3 is 0 Å². The summed E-state index contributed by atoms with van der Waals surface area (Å²) in [5.74, 6) is 1.47. The molecule has 1 atom stereocenters. The molecule has 0 aromatic heterocycles. The van der Waals surface area contributed by atoms with Crippen LogP contribution in [0.3, 0.4) is 0 Å². The van der Waals surface area contributed by atoms with Crippen LogP contribution in [0, 0.1) is 0 Å². The quantitative estimate of drug-likeness (QED) is 0.427. The number of fused-ring (bicyclic) bond motifs is 1. The second kappa shape index (κ2) is 10.3. The molecular weight excluding hydrogens is 388 g/mol. The van der Waals surface area contributed by atoms with E-state index < -0.39 is 10.0 Å². The first-order valence-corrected chi connectivity index (χ1v) is 11.5. The summed E-state index contributed by atoms with van der Waals surface area (Å²) in [7, 11) is -3.38. The minimum atomic E-state index is -3.38. The van der Waals surface area contributed by atoms with Crippen molar-refractivity contribution in [3.63, 3.8) is 0 Å². The van der Waals surface area contributed by atoms with Gasteiger partial charge in [-0.15, -0.1) is 0 Å². The van der Waals surface area contributed by atoms with Crippen LogP contribution in [-0.2, 0) is 23.0 Å². The Labute approximate surface area is 172 Å². The normalized spacial score (nSPS) is 16.2. The lowest BCUT2D eigenvalue weighted by atomic mass is 10.1. The van der Waals surface area contributed by atoms with Crippen molar-refractivity contribution in [1.82, 2.24) is 15.4 Å². The standard InChI is InChI=1S/C21H28N4O3S/c1-2-22-21(24-16-19-14-18-10-6-7-11-20(18)28-19)23-12-13-29(26,27)25-15-17-8-4-3-5-9-17/h3-11,19,25H,2,12-16H2,1H3,(H2,22,23,24). The molecule has 3 N–H and O–H groups in total. The summed E-state index contributed by atoms with van der Waals surface area (Å²) in [4.78, 5) is 4.55. The van der Waals surface area contributed by atoms with Gasteiger partial charge in [0.15, 0.2) is 5.96 Å². The Hall–Kier alpha value is -2.58. The predicted molar refractivity (Wildman–Crippen MR) is 116 cm³/mol. The van der Waals surface area contributed by atoms with Crippen molar-refractivity contribution < 1.29 is 13.2 Å². The Bertz CT molecular complexity index is 892. The van der Waals surface area contributed by atoms with Crippen LogP contribution in [0.5, 0.6) is 5.75 Å². The number of rotatable bonds is 9. The summed E-state index contributed by atoms with van der Waals surface area (Å²) in [6.45, 7) is 3.72. The molecule has 0 aliphatic carbocycles. The maximum Gasteiger partial charge on any atom is 0.213 e. The summed E-state index contributed by atoms with van der Waals surface area (Å²) < 4.78 is 32.9. The molecule has 29 heavy (non-hydrogen) atoms. The van der Waals surface area contributed by atoms with Gasteiger partial charge in [0.2, 0.25) is 10.0 Å². The number of hydrogen-bond donors (Lipinski definition) is 3. The zero-order valence-electron chi connectivity index (χ0n) is 16.6. The van der Waals surface area contributed by atoms with Crippen LogP contribution in [0.2, 0.25) is 0 Å². The highest BCUT2D eigenvalue weighted by molar-refractivity contribution is 7.89. The summed E-state index contributed by atoms with van der Waals surface area (Å²) in [6, 6.07) is 17.5. The summed E-state index contributed by atoms with van der Waals surface area (Å²) >= 11 is 0. The van der Waals surface area contributed by atoms with E-state index in [-0.39, 0.29) is 24.9 Å². The van der Waals surface area contributed by atoms with Crippen molar-refractivity contribution in [3.8, 4) is 5.75 Å². The maximum absolute atomic E-state index is 12.2. The Morgan fingerprint density at radius 3 is 2.62 bits per heavy atom. The monoisotopic (exact) mass is 416 g/mol. The van der Waals surface area contributed by atoms with Crippen LogP contribution in [0.15, 0.2) is 59.6 Å². The molecule has 0 radical (unpaired) electrons. The third-order valence-corrected chi connectivity index (χ3v) is 5.84. The molecule has 8 heteroatoms. The van der Waals surface area contributed by atoms with Gasteiger partial charge in [-0.3, -0.25) is 0 Å². The van der Waals surface area contributed by atoms with E-state index in [0.717, 1.165) is 17.7 Å². The van der Waals surface area contributed by atoms with Crippen LogP contribution < -0.4 is 20.1 Å². The summed E-state index contributed by atoms with van der Waals surface area (Å²) in [6.07, 6.45) is 0.829. The lowest BCUT2D eigenvalue weighted by Gasteiger charge is -2.13. The third kappa shape index (κ3) is 6.76. The SMILES string of the molecule is CCNC(=NCC1Cc2ccccc2O1)NCCS(=O)(=O)NCc1ccccc1. The molecule has 0 bridgehead atoms. The van der Waals surface area contributed by atoms with Crippen LogP contribution >= 0.6 is 0 Å². The maximum atomic E-state index is 12.2. The Balaban J connectivity index is 1.44. The minimum absolute atomic E-state index is 0.000808. The van der Waals surface area contributed by atoms with Crippen molar-refractivity contribution in [2.75, 3.05) is 25.4 Å². The number of nitrogens with one attached hydrogen (secondary N) is 3. The summed E-state index contributed by atoms with van der Waals surface area (Å²) in [5.41, 5.74) is 2.12. The molecule has 0 saturated carbocycles. The van der Waals surface area contributed by atoms with E-state index in [2.05, 4.69) is 26.4 Å². The van der Waals surface area contributed by atoms with Crippen LogP contribution in [0.4, 0.5) is 0 Å². The molecule has 156 valence electrons. The highest BCUT2D eigenvalue weighted by Gasteiger charge is 2.22. The Kier molecular flexibility index (Phi) is 7.48. The van der Waals surface area contributed by atoms with Crippen molar-refractivity contribution in [3.05, 3.63) is 65.7 Å². The van der Waals surface area contributed by atoms with Crippen LogP contribution in [-0.4, -0.2) is 45.9 Å². The van der Waals surface area contributed by atoms with E-state index in [9.17, 15) is 8.42 Å². The van der Waals surface area contributed by atoms with E-state index in [0.29, 0.717) is 19.0 Å². The average Bonchev–Trinajstić information content (AvgIpc) is 3.14. The van der Waals surface area contributed by atoms with Gasteiger partial charge in [0.25, 0.3) is 0 Å². The number of aliphatic imine (C=N–C) groups is 1. The van der Waals surface area contributed by atoms with Gasteiger partial charge in [0, 0.05) is 26.1 Å². The van der Waals surface area contributed by atoms with Crippen molar-refractivity contribution >= 4 is 16.0 Å². The Morgan fingerprint density at radius 2 is 1.86 bits per heavy atom. The third-order valence-electron chi connectivity index (χ3n) is 4.51. The van der Waals surface area contributed by atoms with Gasteiger partial charge in [0.1, 0.15) is 11.9 Å². The number of guanidine groups is 1. The van der Waals surface area contributed by atoms with Gasteiger partial charge in [0.05, 0.1) is 12.3 Å². The highest BCUT2D eigenvalue weighted by Crippen LogP contribution is 2.28. The van der Waals surface area contributed by atoms with E-state index in [1.54, 1.807) is 0 Å². The molecular formula is C21H28N4O3S. The van der Waals surface area contributed by atoms with Gasteiger partial charge < -0.3 is 15.4 Å². The smallest absolute Gasteiger partial charge is 0.213 e. The van der Waals surface area contributed by atoms with Gasteiger partial charge in [-0.25, -0.2) is 18.1 Å². The molecule has 2 aromatic rings. The van der Waals surface area contributed by atoms with Crippen molar-refractivity contribution in [2.45, 2.75) is 26.0 Å². The molecule has 1 aliphatic heterocycles. The zero-order chi connectivity index (χ0) is 20.5. The molecule has 0 spiro atoms. The predicted octanol–water partition coefficient (Wildman–Crippen LogP) is 1.66. The fraction of sp³-hybridized carbons (Fsp3) is 0.381. The number of sulfonamides is 1. The first-order valence-electron chi connectivity index (χ1n) is 9.84. The molecule has 2 aromatic carbocycles. The fourth-order valence-electron chi connectivity index (χ4n) is 3.06. The number of nitrogens with zero attached hydrogens (tertiary/aromatic N) is 1. The molecule has 1 heterocycles. The average molecular weight is 417 g/mol. The molecule has 1 aliphatic rings. The Morgan fingerprint density at radius 1 is 1.10 bits per heavy atom. The molecule has 0 fully saturated rings. The number of benzene rings is 2. The first kappa shape index (κ1) is 21.1. The van der Waals surface area contributed by atoms with Gasteiger partial charge in [-0.05, 0) is 24.1 Å². The molecule has 1 unspecified atom stereocenters. The molecule has 3 rings (SSSR count). The van der Waals surface area contributed by atoms with Crippen LogP contribution in [0.25, 0.3) is 0 Å². The van der Waals surface area contributed by atoms with Crippen LogP contribution in [0.1, 0.15) is 18.1 Å². The largest absolute Gasteiger partial charge is 0.488 e. The zero-order valence-corrected chi connectivity index (χ0v) is 17.4. The lowest BCUT2D eigenvalue weighted by Crippen LogP contribution is -2.41. The minimum Gasteiger partial charge on any atom is -0.488 e. The van der Waals surface area contributed by atoms with E-state index in [1.807, 2.05) is 55.5 Å². The van der Waals surface area contributed by atoms with E-state index >= 15 is 0 Å². The topological polar surface area (TPSA) is 91.8 Å². The second-order valence-corrected chi connectivity index (χ2v) is 8.75. The van der Waals surface area contributed by atoms with Gasteiger partial charge in [-0.2, -0.15) is 0 Å². The number of hydrogen-bond acceptors (Lipinski definition) is 4. The first-order chi connectivity index (χ1) is 14.1. The summed E-state index contributed by atoms with van der Waals surface area (Å²) in [5, 5.41) is 6.22. The number of para-hydroxylation sites is 1. The van der Waals surface area contributed by atoms with Crippen molar-refractivity contribution in [1.29, 1.82) is 0 Å². The highest BCUT2D eigenvalue weighted by atomic mass is 32.2. The number of ether oxygens (including phenoxy) is 1.